The first-order valence-corrected chi connectivity index (χ1v) is 13.9. The van der Waals surface area contributed by atoms with Crippen LogP contribution in [0, 0.1) is 23.3 Å². The Hall–Kier alpha value is -4.22. The lowest BCUT2D eigenvalue weighted by Crippen LogP contribution is -2.33. The number of halogens is 5. The largest absolute Gasteiger partial charge is 0.479 e. The highest BCUT2D eigenvalue weighted by atomic mass is 35.5. The minimum absolute atomic E-state index is 0.165. The molecule has 0 bridgehead atoms. The Balaban J connectivity index is 1.40. The number of carbonyl (C=O) groups excluding carboxylic acids is 2. The molecule has 222 valence electrons. The Kier molecular flexibility index (Phi) is 7.26. The van der Waals surface area contributed by atoms with Crippen LogP contribution < -0.4 is 10.5 Å². The van der Waals surface area contributed by atoms with Crippen LogP contribution in [0.15, 0.2) is 36.4 Å². The van der Waals surface area contributed by atoms with Gasteiger partial charge in [-0.05, 0) is 42.1 Å². The summed E-state index contributed by atoms with van der Waals surface area (Å²) >= 11 is 7.10. The fraction of sp³-hybridized carbons (Fsp3) is 0.258. The number of amides is 1. The molecule has 0 spiro atoms. The second-order valence-electron chi connectivity index (χ2n) is 10.7. The molecule has 12 heteroatoms. The molecule has 2 aliphatic rings. The zero-order valence-corrected chi connectivity index (χ0v) is 23.8. The predicted molar refractivity (Wildman–Crippen MR) is 150 cm³/mol. The van der Waals surface area contributed by atoms with Gasteiger partial charge in [-0.25, -0.2) is 13.8 Å². The van der Waals surface area contributed by atoms with Gasteiger partial charge < -0.3 is 15.0 Å². The minimum atomic E-state index is -1.81. The zero-order valence-electron chi connectivity index (χ0n) is 23.1. The maximum Gasteiger partial charge on any atom is 0.284 e. The fourth-order valence-electron chi connectivity index (χ4n) is 6.23. The number of carbonyl (C=O) groups is 2. The molecule has 1 aliphatic heterocycles. The van der Waals surface area contributed by atoms with Gasteiger partial charge in [-0.3, -0.25) is 14.5 Å². The first-order valence-electron chi connectivity index (χ1n) is 13.5. The molecule has 1 aromatic heterocycles. The van der Waals surface area contributed by atoms with Gasteiger partial charge in [0.05, 0.1) is 22.3 Å². The average Bonchev–Trinajstić information content (AvgIpc) is 3.56. The molecule has 4 aromatic rings. The van der Waals surface area contributed by atoms with Crippen LogP contribution in [-0.2, 0) is 19.9 Å². The average molecular weight is 613 g/mol. The number of primary amides is 1. The van der Waals surface area contributed by atoms with E-state index in [4.69, 9.17) is 22.1 Å². The third-order valence-corrected chi connectivity index (χ3v) is 8.75. The van der Waals surface area contributed by atoms with Crippen molar-refractivity contribution >= 4 is 23.8 Å². The van der Waals surface area contributed by atoms with Crippen LogP contribution in [-0.4, -0.2) is 40.2 Å². The highest BCUT2D eigenvalue weighted by molar-refractivity contribution is 6.34. The van der Waals surface area contributed by atoms with Gasteiger partial charge in [0.15, 0.2) is 29.5 Å². The summed E-state index contributed by atoms with van der Waals surface area (Å²) in [5.41, 5.74) is 9.46. The summed E-state index contributed by atoms with van der Waals surface area (Å²) in [5, 5.41) is 0.460. The second kappa shape index (κ2) is 10.8. The van der Waals surface area contributed by atoms with Crippen molar-refractivity contribution in [3.8, 4) is 16.9 Å². The lowest BCUT2D eigenvalue weighted by atomic mass is 9.91. The van der Waals surface area contributed by atoms with E-state index in [9.17, 15) is 27.2 Å². The van der Waals surface area contributed by atoms with Crippen molar-refractivity contribution < 1.29 is 31.9 Å². The number of likely N-dealkylation sites (N-methyl/N-ethyl adjacent to an activating group) is 1. The first kappa shape index (κ1) is 28.9. The molecule has 2 N–H and O–H groups in total. The Morgan fingerprint density at radius 3 is 2.30 bits per heavy atom. The number of rotatable bonds is 6. The molecule has 1 aliphatic carbocycles. The number of fused-ring (bicyclic) bond motifs is 2. The van der Waals surface area contributed by atoms with Gasteiger partial charge in [-0.2, -0.15) is 8.78 Å². The van der Waals surface area contributed by atoms with Crippen LogP contribution >= 0.6 is 11.6 Å². The summed E-state index contributed by atoms with van der Waals surface area (Å²) in [6, 6.07) is 10.6. The highest BCUT2D eigenvalue weighted by Crippen LogP contribution is 2.46. The third-order valence-electron chi connectivity index (χ3n) is 8.33. The van der Waals surface area contributed by atoms with Crippen molar-refractivity contribution in [2.45, 2.75) is 31.4 Å². The van der Waals surface area contributed by atoms with Gasteiger partial charge in [0, 0.05) is 31.3 Å². The van der Waals surface area contributed by atoms with Gasteiger partial charge in [0.1, 0.15) is 6.10 Å². The third kappa shape index (κ3) is 4.49. The summed E-state index contributed by atoms with van der Waals surface area (Å²) in [7, 11) is 3.71. The molecule has 43 heavy (non-hydrogen) atoms. The maximum absolute atomic E-state index is 14.6. The second-order valence-corrected chi connectivity index (χ2v) is 11.0. The summed E-state index contributed by atoms with van der Waals surface area (Å²) in [6.07, 6.45) is 0.199. The van der Waals surface area contributed by atoms with E-state index in [0.29, 0.717) is 41.2 Å². The normalized spacial score (nSPS) is 17.9. The van der Waals surface area contributed by atoms with Gasteiger partial charge >= 0.3 is 0 Å². The molecule has 0 radical (unpaired) electrons. The quantitative estimate of drug-likeness (QED) is 0.168. The predicted octanol–water partition coefficient (Wildman–Crippen LogP) is 5.85. The molecular formula is C31H25ClF4N4O3. The summed E-state index contributed by atoms with van der Waals surface area (Å²) in [6.45, 7) is 0.692. The molecule has 0 fully saturated rings. The number of nitrogens with two attached hydrogens (primary N) is 1. The van der Waals surface area contributed by atoms with Gasteiger partial charge in [0.2, 0.25) is 11.6 Å². The molecule has 6 rings (SSSR count). The molecule has 2 atom stereocenters. The monoisotopic (exact) mass is 612 g/mol. The van der Waals surface area contributed by atoms with E-state index >= 15 is 0 Å². The van der Waals surface area contributed by atoms with E-state index in [1.165, 1.54) is 0 Å². The summed E-state index contributed by atoms with van der Waals surface area (Å²) in [4.78, 5) is 29.6. The van der Waals surface area contributed by atoms with Crippen LogP contribution in [0.25, 0.3) is 11.1 Å². The number of imidazole rings is 1. The van der Waals surface area contributed by atoms with Crippen molar-refractivity contribution in [2.24, 2.45) is 12.8 Å². The van der Waals surface area contributed by atoms with Crippen LogP contribution in [0.2, 0.25) is 5.02 Å². The number of aromatic nitrogens is 2. The summed E-state index contributed by atoms with van der Waals surface area (Å²) < 4.78 is 65.0. The first-order chi connectivity index (χ1) is 20.5. The molecule has 2 heterocycles. The van der Waals surface area contributed by atoms with Crippen molar-refractivity contribution in [1.82, 2.24) is 14.5 Å². The Bertz CT molecular complexity index is 1800. The van der Waals surface area contributed by atoms with Crippen LogP contribution in [0.1, 0.15) is 67.6 Å². The number of hydrogen-bond acceptors (Lipinski definition) is 5. The highest BCUT2D eigenvalue weighted by Gasteiger charge is 2.35. The van der Waals surface area contributed by atoms with E-state index in [0.717, 1.165) is 22.4 Å². The maximum atomic E-state index is 14.6. The Morgan fingerprint density at radius 2 is 1.65 bits per heavy atom. The van der Waals surface area contributed by atoms with Crippen LogP contribution in [0.3, 0.4) is 0 Å². The number of aldehydes is 1. The van der Waals surface area contributed by atoms with Gasteiger partial charge in [-0.1, -0.05) is 48.0 Å². The SMILES string of the molecule is CN1CCc2c(nc(C(N)=O)n2C)C1c1cccc(-c2cccc3c2CCC3Oc2c(F)c(F)c(C=O)c(F)c2F)c1Cl. The smallest absolute Gasteiger partial charge is 0.284 e. The lowest BCUT2D eigenvalue weighted by molar-refractivity contribution is 0.0986. The number of nitrogens with zero attached hydrogens (tertiary/aromatic N) is 3. The molecular weight excluding hydrogens is 588 g/mol. The topological polar surface area (TPSA) is 90.5 Å². The Morgan fingerprint density at radius 1 is 1.00 bits per heavy atom. The summed E-state index contributed by atoms with van der Waals surface area (Å²) in [5.74, 6) is -8.85. The molecule has 7 nitrogen and oxygen atoms in total. The van der Waals surface area contributed by atoms with E-state index in [1.54, 1.807) is 23.7 Å². The molecule has 2 unspecified atom stereocenters. The molecule has 3 aromatic carbocycles. The van der Waals surface area contributed by atoms with E-state index in [1.807, 2.05) is 31.3 Å². The minimum Gasteiger partial charge on any atom is -0.479 e. The van der Waals surface area contributed by atoms with E-state index < -0.39 is 46.6 Å². The van der Waals surface area contributed by atoms with Gasteiger partial charge in [-0.15, -0.1) is 0 Å². The van der Waals surface area contributed by atoms with Crippen LogP contribution in [0.4, 0.5) is 17.6 Å². The van der Waals surface area contributed by atoms with Crippen molar-refractivity contribution in [2.75, 3.05) is 13.6 Å². The van der Waals surface area contributed by atoms with Crippen LogP contribution in [0.5, 0.6) is 5.75 Å². The number of hydrogen-bond donors (Lipinski definition) is 1. The van der Waals surface area contributed by atoms with Crippen molar-refractivity contribution in [3.05, 3.63) is 104 Å². The molecule has 0 saturated heterocycles. The Labute approximate surface area is 248 Å². The van der Waals surface area contributed by atoms with Crippen molar-refractivity contribution in [1.29, 1.82) is 0 Å². The van der Waals surface area contributed by atoms with Crippen molar-refractivity contribution in [3.63, 3.8) is 0 Å². The fourth-order valence-corrected chi connectivity index (χ4v) is 6.56. The number of benzene rings is 3. The van der Waals surface area contributed by atoms with E-state index in [2.05, 4.69) is 9.88 Å². The molecule has 1 amide bonds. The number of ether oxygens (including phenoxy) is 1. The van der Waals surface area contributed by atoms with Gasteiger partial charge in [0.25, 0.3) is 5.91 Å². The zero-order chi connectivity index (χ0) is 30.7. The molecule has 0 saturated carbocycles. The standard InChI is InChI=1S/C31H25ClF4N4O3/c1-39-12-11-20-27(38-31(30(37)42)40(20)2)28(39)18-8-4-7-17(22(18)32)14-5-3-6-16-15(14)9-10-21(16)43-29-25(35)23(33)19(13-41)24(34)26(29)36/h3-8,13,21,28H,9-12H2,1-2H3,(H2,37,42). The van der Waals surface area contributed by atoms with E-state index in [-0.39, 0.29) is 24.6 Å². The lowest BCUT2D eigenvalue weighted by Gasteiger charge is -2.33.